The van der Waals surface area contributed by atoms with Gasteiger partial charge in [0.05, 0.1) is 3.79 Å². The molecule has 1 rings (SSSR count). The Kier molecular flexibility index (Phi) is 4.98. The number of halogens is 1. The molecule has 0 spiro atoms. The maximum atomic E-state index is 6.04. The molecule has 0 saturated heterocycles. The van der Waals surface area contributed by atoms with Crippen LogP contribution in [0.5, 0.6) is 0 Å². The van der Waals surface area contributed by atoms with Crippen molar-refractivity contribution in [1.82, 2.24) is 4.90 Å². The highest BCUT2D eigenvalue weighted by atomic mass is 79.9. The lowest BCUT2D eigenvalue weighted by atomic mass is 9.96. The summed E-state index contributed by atoms with van der Waals surface area (Å²) in [4.78, 5) is 3.67. The van der Waals surface area contributed by atoms with E-state index in [0.717, 1.165) is 12.8 Å². The quantitative estimate of drug-likeness (QED) is 0.900. The third kappa shape index (κ3) is 4.53. The lowest BCUT2D eigenvalue weighted by molar-refractivity contribution is 0.265. The number of nitrogens with zero attached hydrogens (tertiary/aromatic N) is 1. The third-order valence-corrected chi connectivity index (χ3v) is 4.33. The molecule has 92 valence electrons. The van der Waals surface area contributed by atoms with Crippen molar-refractivity contribution in [2.45, 2.75) is 38.3 Å². The van der Waals surface area contributed by atoms with Crippen molar-refractivity contribution in [2.75, 3.05) is 14.1 Å². The maximum Gasteiger partial charge on any atom is 0.0701 e. The molecule has 0 aliphatic heterocycles. The average Bonchev–Trinajstić information content (AvgIpc) is 2.49. The Balaban J connectivity index is 2.69. The second-order valence-electron chi connectivity index (χ2n) is 5.15. The molecule has 4 heteroatoms. The third-order valence-electron chi connectivity index (χ3n) is 2.61. The lowest BCUT2D eigenvalue weighted by Crippen LogP contribution is -2.33. The second-order valence-corrected chi connectivity index (χ2v) is 7.64. The fourth-order valence-corrected chi connectivity index (χ4v) is 3.33. The number of rotatable bonds is 5. The van der Waals surface area contributed by atoms with E-state index in [1.807, 2.05) is 11.3 Å². The first kappa shape index (κ1) is 14.2. The molecule has 0 aromatic carbocycles. The summed E-state index contributed by atoms with van der Waals surface area (Å²) in [7, 11) is 4.25. The van der Waals surface area contributed by atoms with Crippen LogP contribution in [0, 0.1) is 0 Å². The first-order valence-corrected chi connectivity index (χ1v) is 7.11. The van der Waals surface area contributed by atoms with Crippen LogP contribution in [-0.4, -0.2) is 24.5 Å². The topological polar surface area (TPSA) is 29.3 Å². The van der Waals surface area contributed by atoms with E-state index in [0.29, 0.717) is 6.04 Å². The lowest BCUT2D eigenvalue weighted by Gasteiger charge is -2.27. The molecule has 0 aliphatic carbocycles. The number of hydrogen-bond donors (Lipinski definition) is 1. The van der Waals surface area contributed by atoms with E-state index in [-0.39, 0.29) is 5.54 Å². The van der Waals surface area contributed by atoms with Gasteiger partial charge in [-0.2, -0.15) is 0 Å². The van der Waals surface area contributed by atoms with Gasteiger partial charge in [-0.15, -0.1) is 11.3 Å². The predicted octanol–water partition coefficient (Wildman–Crippen LogP) is 3.63. The van der Waals surface area contributed by atoms with E-state index in [1.165, 1.54) is 8.66 Å². The van der Waals surface area contributed by atoms with Crippen molar-refractivity contribution < 1.29 is 0 Å². The zero-order valence-corrected chi connectivity index (χ0v) is 12.9. The molecule has 16 heavy (non-hydrogen) atoms. The molecule has 0 aliphatic rings. The Morgan fingerprint density at radius 1 is 1.44 bits per heavy atom. The van der Waals surface area contributed by atoms with Crippen LogP contribution in [0.1, 0.15) is 37.6 Å². The second kappa shape index (κ2) is 5.63. The van der Waals surface area contributed by atoms with Gasteiger partial charge in [0.15, 0.2) is 0 Å². The Labute approximate surface area is 111 Å². The molecule has 2 N–H and O–H groups in total. The van der Waals surface area contributed by atoms with Gasteiger partial charge < -0.3 is 10.6 Å². The first-order chi connectivity index (χ1) is 7.29. The summed E-state index contributed by atoms with van der Waals surface area (Å²) in [5, 5.41) is 0. The largest absolute Gasteiger partial charge is 0.326 e. The van der Waals surface area contributed by atoms with Crippen molar-refractivity contribution in [3.05, 3.63) is 20.8 Å². The summed E-state index contributed by atoms with van der Waals surface area (Å²) < 4.78 is 1.20. The van der Waals surface area contributed by atoms with E-state index in [9.17, 15) is 0 Å². The Morgan fingerprint density at radius 3 is 2.44 bits per heavy atom. The van der Waals surface area contributed by atoms with Crippen LogP contribution in [0.25, 0.3) is 0 Å². The van der Waals surface area contributed by atoms with Gasteiger partial charge in [0, 0.05) is 16.5 Å². The number of hydrogen-bond acceptors (Lipinski definition) is 3. The smallest absolute Gasteiger partial charge is 0.0701 e. The number of nitrogens with two attached hydrogens (primary N) is 1. The highest BCUT2D eigenvalue weighted by Crippen LogP contribution is 2.33. The molecule has 1 aromatic heterocycles. The van der Waals surface area contributed by atoms with Gasteiger partial charge in [0.25, 0.3) is 0 Å². The fraction of sp³-hybridized carbons (Fsp3) is 0.667. The minimum Gasteiger partial charge on any atom is -0.326 e. The van der Waals surface area contributed by atoms with Crippen molar-refractivity contribution in [3.63, 3.8) is 0 Å². The minimum absolute atomic E-state index is 0.0806. The van der Waals surface area contributed by atoms with Crippen LogP contribution < -0.4 is 5.73 Å². The van der Waals surface area contributed by atoms with E-state index in [1.54, 1.807) is 0 Å². The Hall–Kier alpha value is 0.1000. The van der Waals surface area contributed by atoms with Crippen LogP contribution in [0.4, 0.5) is 0 Å². The molecule has 0 saturated carbocycles. The normalized spacial score (nSPS) is 14.4. The molecule has 0 radical (unpaired) electrons. The predicted molar refractivity (Wildman–Crippen MR) is 75.9 cm³/mol. The minimum atomic E-state index is -0.0806. The molecule has 0 amide bonds. The SMILES string of the molecule is CN(C)C(CCC(C)(C)N)c1ccc(Br)s1. The molecule has 0 bridgehead atoms. The van der Waals surface area contributed by atoms with Gasteiger partial charge in [0.2, 0.25) is 0 Å². The summed E-state index contributed by atoms with van der Waals surface area (Å²) in [6.45, 7) is 4.17. The van der Waals surface area contributed by atoms with Gasteiger partial charge in [-0.1, -0.05) is 0 Å². The standard InChI is InChI=1S/C12H21BrN2S/c1-12(2,14)8-7-9(15(3)4)10-5-6-11(13)16-10/h5-6,9H,7-8,14H2,1-4H3. The zero-order chi connectivity index (χ0) is 12.3. The van der Waals surface area contributed by atoms with Crippen molar-refractivity contribution in [1.29, 1.82) is 0 Å². The first-order valence-electron chi connectivity index (χ1n) is 5.50. The van der Waals surface area contributed by atoms with Gasteiger partial charge in [-0.05, 0) is 68.8 Å². The monoisotopic (exact) mass is 304 g/mol. The van der Waals surface area contributed by atoms with Gasteiger partial charge in [-0.25, -0.2) is 0 Å². The van der Waals surface area contributed by atoms with Crippen molar-refractivity contribution >= 4 is 27.3 Å². The van der Waals surface area contributed by atoms with Crippen molar-refractivity contribution in [3.8, 4) is 0 Å². The molecule has 1 heterocycles. The summed E-state index contributed by atoms with van der Waals surface area (Å²) in [6.07, 6.45) is 2.13. The molecule has 0 fully saturated rings. The van der Waals surface area contributed by atoms with E-state index < -0.39 is 0 Å². The Bertz CT molecular complexity index is 328. The van der Waals surface area contributed by atoms with Gasteiger partial charge in [0.1, 0.15) is 0 Å². The highest BCUT2D eigenvalue weighted by molar-refractivity contribution is 9.11. The van der Waals surface area contributed by atoms with Crippen LogP contribution in [0.3, 0.4) is 0 Å². The molecule has 1 unspecified atom stereocenters. The summed E-state index contributed by atoms with van der Waals surface area (Å²) >= 11 is 5.32. The molecule has 2 nitrogen and oxygen atoms in total. The van der Waals surface area contributed by atoms with Crippen LogP contribution in [-0.2, 0) is 0 Å². The molecular weight excluding hydrogens is 284 g/mol. The molecule has 1 atom stereocenters. The van der Waals surface area contributed by atoms with E-state index >= 15 is 0 Å². The fourth-order valence-electron chi connectivity index (χ4n) is 1.67. The Morgan fingerprint density at radius 2 is 2.06 bits per heavy atom. The molecule has 1 aromatic rings. The zero-order valence-electron chi connectivity index (χ0n) is 10.5. The summed E-state index contributed by atoms with van der Waals surface area (Å²) in [6, 6.07) is 4.78. The van der Waals surface area contributed by atoms with Crippen LogP contribution >= 0.6 is 27.3 Å². The highest BCUT2D eigenvalue weighted by Gasteiger charge is 2.19. The summed E-state index contributed by atoms with van der Waals surface area (Å²) in [5.74, 6) is 0. The van der Waals surface area contributed by atoms with E-state index in [2.05, 4.69) is 60.9 Å². The summed E-state index contributed by atoms with van der Waals surface area (Å²) in [5.41, 5.74) is 5.96. The van der Waals surface area contributed by atoms with Crippen LogP contribution in [0.15, 0.2) is 15.9 Å². The maximum absolute atomic E-state index is 6.04. The number of thiophene rings is 1. The van der Waals surface area contributed by atoms with E-state index in [4.69, 9.17) is 5.73 Å². The van der Waals surface area contributed by atoms with Crippen LogP contribution in [0.2, 0.25) is 0 Å². The van der Waals surface area contributed by atoms with Gasteiger partial charge >= 0.3 is 0 Å². The average molecular weight is 305 g/mol. The molecular formula is C12H21BrN2S. The van der Waals surface area contributed by atoms with Gasteiger partial charge in [-0.3, -0.25) is 0 Å². The van der Waals surface area contributed by atoms with Crippen molar-refractivity contribution in [2.24, 2.45) is 5.73 Å².